The Bertz CT molecular complexity index is 880. The van der Waals surface area contributed by atoms with Crippen molar-refractivity contribution in [1.29, 1.82) is 0 Å². The van der Waals surface area contributed by atoms with Crippen molar-refractivity contribution >= 4 is 17.6 Å². The molecular formula is C27H32O3. The van der Waals surface area contributed by atoms with E-state index < -0.39 is 0 Å². The number of ether oxygens (including phenoxy) is 2. The minimum Gasteiger partial charge on any atom is -0.493 e. The highest BCUT2D eigenvalue weighted by atomic mass is 16.5. The Hall–Kier alpha value is -2.81. The Morgan fingerprint density at radius 1 is 0.933 bits per heavy atom. The van der Waals surface area contributed by atoms with E-state index in [2.05, 4.69) is 61.2 Å². The van der Waals surface area contributed by atoms with Crippen LogP contribution >= 0.6 is 0 Å². The molecule has 0 bridgehead atoms. The molecule has 0 aromatic heterocycles. The molecule has 0 heterocycles. The minimum atomic E-state index is -0.299. The van der Waals surface area contributed by atoms with Crippen molar-refractivity contribution in [3.8, 4) is 5.75 Å². The zero-order valence-corrected chi connectivity index (χ0v) is 18.0. The van der Waals surface area contributed by atoms with Crippen LogP contribution in [0.4, 0.5) is 0 Å². The Balaban J connectivity index is 1.48. The molecule has 0 saturated heterocycles. The molecule has 1 aliphatic carbocycles. The molecule has 0 N–H and O–H groups in total. The van der Waals surface area contributed by atoms with Gasteiger partial charge in [0.1, 0.15) is 5.75 Å². The van der Waals surface area contributed by atoms with Crippen LogP contribution in [0.15, 0.2) is 60.7 Å². The summed E-state index contributed by atoms with van der Waals surface area (Å²) in [6.07, 6.45) is 9.59. The number of unbranched alkanes of at least 4 members (excludes halogenated alkanes) is 3. The van der Waals surface area contributed by atoms with Gasteiger partial charge in [0.25, 0.3) is 0 Å². The van der Waals surface area contributed by atoms with Crippen molar-refractivity contribution in [2.75, 3.05) is 13.2 Å². The van der Waals surface area contributed by atoms with E-state index in [4.69, 9.17) is 9.47 Å². The molecule has 3 nitrogen and oxygen atoms in total. The first-order valence-electron chi connectivity index (χ1n) is 11.0. The third kappa shape index (κ3) is 6.35. The fourth-order valence-corrected chi connectivity index (χ4v) is 3.74. The molecule has 3 rings (SSSR count). The largest absolute Gasteiger partial charge is 0.493 e. The third-order valence-corrected chi connectivity index (χ3v) is 5.39. The van der Waals surface area contributed by atoms with Crippen molar-refractivity contribution in [2.24, 2.45) is 0 Å². The van der Waals surface area contributed by atoms with Gasteiger partial charge in [-0.3, -0.25) is 0 Å². The van der Waals surface area contributed by atoms with Crippen LogP contribution in [0.5, 0.6) is 5.75 Å². The molecule has 0 radical (unpaired) electrons. The molecule has 0 atom stereocenters. The van der Waals surface area contributed by atoms with E-state index in [1.165, 1.54) is 22.3 Å². The van der Waals surface area contributed by atoms with Crippen molar-refractivity contribution in [1.82, 2.24) is 0 Å². The van der Waals surface area contributed by atoms with E-state index >= 15 is 0 Å². The number of fused-ring (bicyclic) bond motifs is 1. The summed E-state index contributed by atoms with van der Waals surface area (Å²) in [7, 11) is 0. The van der Waals surface area contributed by atoms with Gasteiger partial charge < -0.3 is 9.47 Å². The van der Waals surface area contributed by atoms with Crippen LogP contribution in [0.2, 0.25) is 0 Å². The quantitative estimate of drug-likeness (QED) is 0.253. The normalized spacial score (nSPS) is 13.0. The highest BCUT2D eigenvalue weighted by Gasteiger charge is 2.14. The molecule has 0 fully saturated rings. The van der Waals surface area contributed by atoms with Gasteiger partial charge in [0.05, 0.1) is 13.2 Å². The first-order chi connectivity index (χ1) is 14.6. The average Bonchev–Trinajstić information content (AvgIpc) is 2.99. The minimum absolute atomic E-state index is 0.299. The zero-order chi connectivity index (χ0) is 21.2. The van der Waals surface area contributed by atoms with E-state index in [1.54, 1.807) is 6.92 Å². The number of hydrogen-bond donors (Lipinski definition) is 0. The predicted molar refractivity (Wildman–Crippen MR) is 123 cm³/mol. The molecule has 0 amide bonds. The number of esters is 1. The van der Waals surface area contributed by atoms with Crippen LogP contribution in [-0.4, -0.2) is 19.2 Å². The van der Waals surface area contributed by atoms with Gasteiger partial charge in [-0.05, 0) is 74.6 Å². The van der Waals surface area contributed by atoms with Crippen LogP contribution in [0.1, 0.15) is 62.1 Å². The molecule has 2 aromatic carbocycles. The topological polar surface area (TPSA) is 35.5 Å². The van der Waals surface area contributed by atoms with Gasteiger partial charge in [-0.25, -0.2) is 4.79 Å². The maximum Gasteiger partial charge on any atom is 0.333 e. The summed E-state index contributed by atoms with van der Waals surface area (Å²) < 4.78 is 11.3. The molecule has 2 aromatic rings. The molecule has 0 spiro atoms. The summed E-state index contributed by atoms with van der Waals surface area (Å²) >= 11 is 0. The molecule has 30 heavy (non-hydrogen) atoms. The van der Waals surface area contributed by atoms with Crippen molar-refractivity contribution in [3.63, 3.8) is 0 Å². The molecule has 158 valence electrons. The number of hydrogen-bond acceptors (Lipinski definition) is 3. The van der Waals surface area contributed by atoms with Gasteiger partial charge in [-0.2, -0.15) is 0 Å². The highest BCUT2D eigenvalue weighted by molar-refractivity contribution is 5.86. The number of rotatable bonds is 10. The fourth-order valence-electron chi connectivity index (χ4n) is 3.74. The summed E-state index contributed by atoms with van der Waals surface area (Å²) in [6.45, 7) is 6.44. The van der Waals surface area contributed by atoms with Crippen LogP contribution in [0, 0.1) is 0 Å². The van der Waals surface area contributed by atoms with E-state index in [1.807, 2.05) is 0 Å². The van der Waals surface area contributed by atoms with E-state index in [0.29, 0.717) is 12.2 Å². The molecule has 0 saturated carbocycles. The lowest BCUT2D eigenvalue weighted by Crippen LogP contribution is -2.06. The van der Waals surface area contributed by atoms with Gasteiger partial charge >= 0.3 is 5.97 Å². The van der Waals surface area contributed by atoms with Gasteiger partial charge in [0.2, 0.25) is 0 Å². The summed E-state index contributed by atoms with van der Waals surface area (Å²) in [5.74, 6) is 0.723. The SMILES string of the molecule is C=C(C)C(=O)OCCCCCCOc1cccc2c1CCCC(c1ccccc1)=C2. The van der Waals surface area contributed by atoms with E-state index in [0.717, 1.165) is 57.3 Å². The molecule has 3 heteroatoms. The Morgan fingerprint density at radius 2 is 1.70 bits per heavy atom. The number of carbonyl (C=O) groups is 1. The molecule has 1 aliphatic rings. The standard InChI is InChI=1S/C27H32O3/c1-21(2)27(28)30-19-9-4-3-8-18-29-26-17-11-15-24-20-23(14-10-16-25(24)26)22-12-6-5-7-13-22/h5-7,11-13,15,17,20H,1,3-4,8-10,14,16,18-19H2,2H3. The van der Waals surface area contributed by atoms with Crippen molar-refractivity contribution in [2.45, 2.75) is 51.9 Å². The monoisotopic (exact) mass is 404 g/mol. The van der Waals surface area contributed by atoms with Crippen LogP contribution in [0.25, 0.3) is 11.6 Å². The smallest absolute Gasteiger partial charge is 0.333 e. The molecule has 0 unspecified atom stereocenters. The maximum absolute atomic E-state index is 11.3. The Morgan fingerprint density at radius 3 is 2.47 bits per heavy atom. The predicted octanol–water partition coefficient (Wildman–Crippen LogP) is 6.62. The summed E-state index contributed by atoms with van der Waals surface area (Å²) in [6, 6.07) is 17.0. The van der Waals surface area contributed by atoms with Crippen LogP contribution < -0.4 is 4.74 Å². The van der Waals surface area contributed by atoms with Crippen LogP contribution in [0.3, 0.4) is 0 Å². The second-order valence-electron chi connectivity index (χ2n) is 7.89. The second-order valence-corrected chi connectivity index (χ2v) is 7.89. The summed E-state index contributed by atoms with van der Waals surface area (Å²) in [5, 5.41) is 0. The van der Waals surface area contributed by atoms with Crippen molar-refractivity contribution in [3.05, 3.63) is 77.4 Å². The van der Waals surface area contributed by atoms with Crippen LogP contribution in [-0.2, 0) is 16.0 Å². The van der Waals surface area contributed by atoms with Crippen molar-refractivity contribution < 1.29 is 14.3 Å². The summed E-state index contributed by atoms with van der Waals surface area (Å²) in [5.41, 5.74) is 5.78. The fraction of sp³-hybridized carbons (Fsp3) is 0.370. The van der Waals surface area contributed by atoms with Gasteiger partial charge in [0, 0.05) is 11.1 Å². The van der Waals surface area contributed by atoms with Gasteiger partial charge in [0.15, 0.2) is 0 Å². The van der Waals surface area contributed by atoms with E-state index in [-0.39, 0.29) is 5.97 Å². The lowest BCUT2D eigenvalue weighted by atomic mass is 10.0. The maximum atomic E-state index is 11.3. The first-order valence-corrected chi connectivity index (χ1v) is 11.0. The second kappa shape index (κ2) is 11.4. The van der Waals surface area contributed by atoms with E-state index in [9.17, 15) is 4.79 Å². The Labute approximate surface area is 180 Å². The summed E-state index contributed by atoms with van der Waals surface area (Å²) in [4.78, 5) is 11.3. The number of benzene rings is 2. The lowest BCUT2D eigenvalue weighted by Gasteiger charge is -2.13. The molecular weight excluding hydrogens is 372 g/mol. The van der Waals surface area contributed by atoms with Gasteiger partial charge in [-0.15, -0.1) is 0 Å². The zero-order valence-electron chi connectivity index (χ0n) is 18.0. The lowest BCUT2D eigenvalue weighted by molar-refractivity contribution is -0.139. The highest BCUT2D eigenvalue weighted by Crippen LogP contribution is 2.33. The first kappa shape index (κ1) is 21.9. The Kier molecular flexibility index (Phi) is 8.31. The van der Waals surface area contributed by atoms with Gasteiger partial charge in [-0.1, -0.05) is 55.1 Å². The third-order valence-electron chi connectivity index (χ3n) is 5.39. The number of allylic oxidation sites excluding steroid dienone is 1. The molecule has 0 aliphatic heterocycles. The number of carbonyl (C=O) groups excluding carboxylic acids is 1. The average molecular weight is 405 g/mol.